The fraction of sp³-hybridized carbons (Fsp3) is 0. The van der Waals surface area contributed by atoms with Crippen LogP contribution < -0.4 is 4.90 Å². The van der Waals surface area contributed by atoms with Crippen LogP contribution in [0.1, 0.15) is 0 Å². The Balaban J connectivity index is 0.979. The molecular weight excluding hydrogens is 773 g/mol. The van der Waals surface area contributed by atoms with Gasteiger partial charge in [0.1, 0.15) is 11.2 Å². The van der Waals surface area contributed by atoms with Gasteiger partial charge in [-0.3, -0.25) is 0 Å². The van der Waals surface area contributed by atoms with Crippen molar-refractivity contribution in [2.75, 3.05) is 4.90 Å². The fourth-order valence-electron chi connectivity index (χ4n) is 9.73. The van der Waals surface area contributed by atoms with Crippen LogP contribution in [0.15, 0.2) is 223 Å². The van der Waals surface area contributed by atoms with Crippen LogP contribution in [-0.2, 0) is 0 Å². The molecule has 0 fully saturated rings. The zero-order chi connectivity index (χ0) is 40.7. The summed E-state index contributed by atoms with van der Waals surface area (Å²) in [6.45, 7) is 0. The zero-order valence-corrected chi connectivity index (χ0v) is 34.3. The first-order valence-corrected chi connectivity index (χ1v) is 21.9. The third-order valence-corrected chi connectivity index (χ3v) is 13.7. The first-order valence-electron chi connectivity index (χ1n) is 21.1. The van der Waals surface area contributed by atoms with Crippen molar-refractivity contribution in [2.24, 2.45) is 0 Å². The summed E-state index contributed by atoms with van der Waals surface area (Å²) >= 11 is 1.86. The molecule has 0 aliphatic carbocycles. The highest BCUT2D eigenvalue weighted by molar-refractivity contribution is 7.25. The van der Waals surface area contributed by atoms with Crippen LogP contribution >= 0.6 is 11.3 Å². The maximum Gasteiger partial charge on any atom is 0.143 e. The van der Waals surface area contributed by atoms with E-state index in [1.165, 1.54) is 58.5 Å². The molecular formula is C58H36N2OS. The van der Waals surface area contributed by atoms with Gasteiger partial charge < -0.3 is 13.9 Å². The second-order valence-corrected chi connectivity index (χ2v) is 17.2. The molecule has 0 saturated carbocycles. The summed E-state index contributed by atoms with van der Waals surface area (Å²) in [7, 11) is 0. The summed E-state index contributed by atoms with van der Waals surface area (Å²) in [5.41, 5.74) is 13.2. The minimum absolute atomic E-state index is 0.888. The van der Waals surface area contributed by atoms with E-state index in [1.54, 1.807) is 0 Å². The van der Waals surface area contributed by atoms with Crippen molar-refractivity contribution in [3.63, 3.8) is 0 Å². The van der Waals surface area contributed by atoms with Crippen LogP contribution in [0.25, 0.3) is 103 Å². The Morgan fingerprint density at radius 2 is 1.05 bits per heavy atom. The second-order valence-electron chi connectivity index (χ2n) is 16.1. The van der Waals surface area contributed by atoms with Crippen LogP contribution in [-0.4, -0.2) is 4.57 Å². The average Bonchev–Trinajstić information content (AvgIpc) is 4.02. The molecule has 13 aromatic rings. The lowest BCUT2D eigenvalue weighted by molar-refractivity contribution is 0.673. The zero-order valence-electron chi connectivity index (χ0n) is 33.5. The molecule has 0 saturated heterocycles. The summed E-state index contributed by atoms with van der Waals surface area (Å²) in [5.74, 6) is 0. The largest absolute Gasteiger partial charge is 0.455 e. The minimum atomic E-state index is 0.888. The lowest BCUT2D eigenvalue weighted by Gasteiger charge is -2.27. The molecule has 62 heavy (non-hydrogen) atoms. The van der Waals surface area contributed by atoms with E-state index in [9.17, 15) is 0 Å². The number of nitrogens with zero attached hydrogens (tertiary/aromatic N) is 2. The van der Waals surface area contributed by atoms with Crippen molar-refractivity contribution in [1.29, 1.82) is 0 Å². The highest BCUT2D eigenvalue weighted by Crippen LogP contribution is 2.44. The molecule has 0 bridgehead atoms. The number of anilines is 3. The number of para-hydroxylation sites is 2. The van der Waals surface area contributed by atoms with Gasteiger partial charge in [-0.2, -0.15) is 0 Å². The number of rotatable bonds is 6. The Bertz CT molecular complexity index is 3830. The molecule has 3 aromatic heterocycles. The summed E-state index contributed by atoms with van der Waals surface area (Å²) in [6, 6.07) is 79.3. The number of hydrogen-bond donors (Lipinski definition) is 0. The first kappa shape index (κ1) is 34.9. The lowest BCUT2D eigenvalue weighted by atomic mass is 9.97. The summed E-state index contributed by atoms with van der Waals surface area (Å²) in [5, 5.41) is 9.67. The normalized spacial score (nSPS) is 11.9. The van der Waals surface area contributed by atoms with Crippen molar-refractivity contribution < 1.29 is 4.42 Å². The van der Waals surface area contributed by atoms with Crippen LogP contribution in [0.4, 0.5) is 17.1 Å². The molecule has 0 aliphatic rings. The van der Waals surface area contributed by atoms with E-state index in [-0.39, 0.29) is 0 Å². The van der Waals surface area contributed by atoms with E-state index in [4.69, 9.17) is 4.42 Å². The van der Waals surface area contributed by atoms with E-state index in [0.717, 1.165) is 61.2 Å². The Hall–Kier alpha value is -7.92. The van der Waals surface area contributed by atoms with E-state index >= 15 is 0 Å². The molecule has 4 heteroatoms. The Labute approximate surface area is 361 Å². The molecule has 0 spiro atoms. The third kappa shape index (κ3) is 5.44. The van der Waals surface area contributed by atoms with Gasteiger partial charge in [0.2, 0.25) is 0 Å². The third-order valence-electron chi connectivity index (χ3n) is 12.6. The molecule has 0 atom stereocenters. The van der Waals surface area contributed by atoms with Gasteiger partial charge >= 0.3 is 0 Å². The Morgan fingerprint density at radius 1 is 0.387 bits per heavy atom. The lowest BCUT2D eigenvalue weighted by Crippen LogP contribution is -2.10. The van der Waals surface area contributed by atoms with Crippen LogP contribution in [0.3, 0.4) is 0 Å². The molecule has 0 aliphatic heterocycles. The van der Waals surface area contributed by atoms with Crippen molar-refractivity contribution in [2.45, 2.75) is 0 Å². The fourth-order valence-corrected chi connectivity index (χ4v) is 10.8. The van der Waals surface area contributed by atoms with Gasteiger partial charge in [-0.25, -0.2) is 0 Å². The van der Waals surface area contributed by atoms with Crippen molar-refractivity contribution >= 4 is 103 Å². The maximum atomic E-state index is 6.63. The number of aromatic nitrogens is 1. The van der Waals surface area contributed by atoms with Gasteiger partial charge in [-0.1, -0.05) is 133 Å². The number of hydrogen-bond acceptors (Lipinski definition) is 3. The molecule has 13 rings (SSSR count). The summed E-state index contributed by atoms with van der Waals surface area (Å²) in [6.07, 6.45) is 0. The molecule has 0 amide bonds. The van der Waals surface area contributed by atoms with E-state index < -0.39 is 0 Å². The topological polar surface area (TPSA) is 21.3 Å². The monoisotopic (exact) mass is 808 g/mol. The average molecular weight is 809 g/mol. The van der Waals surface area contributed by atoms with Crippen molar-refractivity contribution in [1.82, 2.24) is 4.57 Å². The van der Waals surface area contributed by atoms with Crippen LogP contribution in [0.5, 0.6) is 0 Å². The Kier molecular flexibility index (Phi) is 7.78. The highest BCUT2D eigenvalue weighted by atomic mass is 32.1. The molecule has 3 nitrogen and oxygen atoms in total. The number of furan rings is 1. The standard InChI is InChI=1S/C58H36N2OS/c1-2-17-46-38(12-1)28-32-50-57-45(21-11-24-54(57)61-58(46)50)40-13-9-14-42(34-40)59(41-30-26-37(27-31-41)39-29-33-56-51(35-39)49-20-5-8-25-55(49)62-56)43-15-10-16-44(36-43)60-52-22-6-3-18-47(52)48-19-4-7-23-53(48)60/h1-36H. The van der Waals surface area contributed by atoms with E-state index in [0.29, 0.717) is 0 Å². The molecule has 3 heterocycles. The molecule has 0 unspecified atom stereocenters. The van der Waals surface area contributed by atoms with Gasteiger partial charge in [0, 0.05) is 69.9 Å². The van der Waals surface area contributed by atoms with Crippen LogP contribution in [0, 0.1) is 0 Å². The summed E-state index contributed by atoms with van der Waals surface area (Å²) < 4.78 is 11.7. The molecule has 10 aromatic carbocycles. The Morgan fingerprint density at radius 3 is 1.87 bits per heavy atom. The maximum absolute atomic E-state index is 6.63. The molecule has 0 N–H and O–H groups in total. The summed E-state index contributed by atoms with van der Waals surface area (Å²) in [4.78, 5) is 2.39. The second kappa shape index (κ2) is 13.8. The van der Waals surface area contributed by atoms with Crippen molar-refractivity contribution in [3.05, 3.63) is 218 Å². The smallest absolute Gasteiger partial charge is 0.143 e. The van der Waals surface area contributed by atoms with Gasteiger partial charge in [0.25, 0.3) is 0 Å². The SMILES string of the molecule is c1cc(-c2cccc3oc4c5ccccc5ccc4c23)cc(N(c2ccc(-c3ccc4sc5ccccc5c4c3)cc2)c2cccc(-n3c4ccccc4c4ccccc43)c2)c1. The minimum Gasteiger partial charge on any atom is -0.455 e. The van der Waals surface area contributed by atoms with Gasteiger partial charge in [-0.15, -0.1) is 11.3 Å². The van der Waals surface area contributed by atoms with Crippen LogP contribution in [0.2, 0.25) is 0 Å². The van der Waals surface area contributed by atoms with Gasteiger partial charge in [0.15, 0.2) is 0 Å². The van der Waals surface area contributed by atoms with Gasteiger partial charge in [-0.05, 0) is 113 Å². The number of benzene rings is 10. The highest BCUT2D eigenvalue weighted by Gasteiger charge is 2.19. The van der Waals surface area contributed by atoms with E-state index in [1.807, 2.05) is 11.3 Å². The number of fused-ring (bicyclic) bond motifs is 11. The predicted molar refractivity (Wildman–Crippen MR) is 264 cm³/mol. The first-order chi connectivity index (χ1) is 30.7. The predicted octanol–water partition coefficient (Wildman–Crippen LogP) is 17.0. The van der Waals surface area contributed by atoms with Gasteiger partial charge in [0.05, 0.1) is 11.0 Å². The molecule has 290 valence electrons. The van der Waals surface area contributed by atoms with E-state index in [2.05, 4.69) is 228 Å². The van der Waals surface area contributed by atoms with Crippen molar-refractivity contribution in [3.8, 4) is 27.9 Å². The quantitative estimate of drug-likeness (QED) is 0.167. The number of thiophene rings is 1. The molecule has 0 radical (unpaired) electrons.